The van der Waals surface area contributed by atoms with Gasteiger partial charge in [-0.25, -0.2) is 4.79 Å². The van der Waals surface area contributed by atoms with Crippen molar-refractivity contribution in [2.75, 3.05) is 13.1 Å². The normalized spacial score (nSPS) is 19.8. The number of carbonyl (C=O) groups is 2. The number of ketones is 1. The van der Waals surface area contributed by atoms with Gasteiger partial charge in [-0.05, 0) is 34.1 Å². The highest BCUT2D eigenvalue weighted by Gasteiger charge is 2.34. The number of Topliss-reactive ketones (excluding diaryl/α,β-unsaturated/α-hetero) is 1. The van der Waals surface area contributed by atoms with Crippen LogP contribution < -0.4 is 0 Å². The van der Waals surface area contributed by atoms with Crippen LogP contribution in [0.15, 0.2) is 24.0 Å². The quantitative estimate of drug-likeness (QED) is 0.740. The summed E-state index contributed by atoms with van der Waals surface area (Å²) in [6.07, 6.45) is 3.45. The summed E-state index contributed by atoms with van der Waals surface area (Å²) in [7, 11) is 0. The predicted octanol–water partition coefficient (Wildman–Crippen LogP) is 3.71. The van der Waals surface area contributed by atoms with Crippen LogP contribution in [-0.2, 0) is 9.53 Å². The Balaban J connectivity index is 2.90. The van der Waals surface area contributed by atoms with E-state index in [1.54, 1.807) is 11.8 Å². The number of rotatable bonds is 4. The molecule has 23 heavy (non-hydrogen) atoms. The van der Waals surface area contributed by atoms with Gasteiger partial charge in [-0.3, -0.25) is 9.69 Å². The molecular formula is C18H30N2O3. The van der Waals surface area contributed by atoms with Crippen molar-refractivity contribution in [1.82, 2.24) is 9.80 Å². The van der Waals surface area contributed by atoms with Crippen LogP contribution in [0.3, 0.4) is 0 Å². The molecule has 0 aromatic carbocycles. The Labute approximate surface area is 140 Å². The van der Waals surface area contributed by atoms with Crippen LogP contribution in [0, 0.1) is 0 Å². The van der Waals surface area contributed by atoms with Crippen molar-refractivity contribution in [3.05, 3.63) is 24.0 Å². The van der Waals surface area contributed by atoms with Crippen LogP contribution >= 0.6 is 0 Å². The summed E-state index contributed by atoms with van der Waals surface area (Å²) in [4.78, 5) is 27.9. The zero-order valence-electron chi connectivity index (χ0n) is 15.3. The molecule has 1 amide bonds. The van der Waals surface area contributed by atoms with Gasteiger partial charge in [-0.1, -0.05) is 26.0 Å². The fraction of sp³-hybridized carbons (Fsp3) is 0.667. The third-order valence-corrected chi connectivity index (χ3v) is 3.77. The lowest BCUT2D eigenvalue weighted by Gasteiger charge is -2.43. The maximum Gasteiger partial charge on any atom is 0.410 e. The maximum absolute atomic E-state index is 12.3. The van der Waals surface area contributed by atoms with Crippen molar-refractivity contribution < 1.29 is 14.3 Å². The molecule has 0 N–H and O–H groups in total. The molecule has 130 valence electrons. The standard InChI is InChI=1S/C18H30N2O3/c1-8-9-10-16(15(4)21)19-11-12-20(14(3)13(19)2)17(22)23-18(5,6)7/h10,14H,2,8-9,11-12H2,1,3-7H3/b16-10-. The Kier molecular flexibility index (Phi) is 6.42. The van der Waals surface area contributed by atoms with Gasteiger partial charge >= 0.3 is 6.09 Å². The highest BCUT2D eigenvalue weighted by molar-refractivity contribution is 5.93. The van der Waals surface area contributed by atoms with E-state index in [2.05, 4.69) is 13.5 Å². The molecule has 0 aliphatic carbocycles. The molecule has 1 fully saturated rings. The first-order valence-corrected chi connectivity index (χ1v) is 8.25. The van der Waals surface area contributed by atoms with Crippen LogP contribution in [0.25, 0.3) is 0 Å². The fourth-order valence-electron chi connectivity index (χ4n) is 2.52. The van der Waals surface area contributed by atoms with E-state index >= 15 is 0 Å². The lowest BCUT2D eigenvalue weighted by atomic mass is 10.1. The lowest BCUT2D eigenvalue weighted by molar-refractivity contribution is -0.115. The van der Waals surface area contributed by atoms with Gasteiger partial charge in [0.15, 0.2) is 5.78 Å². The summed E-state index contributed by atoms with van der Waals surface area (Å²) in [6.45, 7) is 16.3. The number of amides is 1. The molecule has 0 aromatic rings. The van der Waals surface area contributed by atoms with E-state index in [9.17, 15) is 9.59 Å². The van der Waals surface area contributed by atoms with Crippen LogP contribution in [0.1, 0.15) is 54.4 Å². The number of hydrogen-bond donors (Lipinski definition) is 0. The largest absolute Gasteiger partial charge is 0.444 e. The first-order chi connectivity index (χ1) is 10.6. The van der Waals surface area contributed by atoms with Gasteiger partial charge in [-0.2, -0.15) is 0 Å². The van der Waals surface area contributed by atoms with Crippen LogP contribution in [0.2, 0.25) is 0 Å². The van der Waals surface area contributed by atoms with E-state index in [4.69, 9.17) is 4.74 Å². The molecule has 1 aliphatic rings. The Morgan fingerprint density at radius 3 is 2.43 bits per heavy atom. The average Bonchev–Trinajstić information content (AvgIpc) is 2.41. The van der Waals surface area contributed by atoms with Crippen LogP contribution in [0.5, 0.6) is 0 Å². The Morgan fingerprint density at radius 1 is 1.35 bits per heavy atom. The number of ether oxygens (including phenoxy) is 1. The molecule has 1 unspecified atom stereocenters. The smallest absolute Gasteiger partial charge is 0.410 e. The van der Waals surface area contributed by atoms with Crippen LogP contribution in [0.4, 0.5) is 4.79 Å². The first-order valence-electron chi connectivity index (χ1n) is 8.25. The molecule has 1 aliphatic heterocycles. The molecule has 1 heterocycles. The number of hydrogen-bond acceptors (Lipinski definition) is 4. The minimum absolute atomic E-state index is 0.0255. The zero-order chi connectivity index (χ0) is 17.8. The van der Waals surface area contributed by atoms with E-state index in [1.807, 2.05) is 38.7 Å². The predicted molar refractivity (Wildman–Crippen MR) is 91.9 cm³/mol. The molecule has 0 saturated carbocycles. The molecule has 0 bridgehead atoms. The number of nitrogens with zero attached hydrogens (tertiary/aromatic N) is 2. The third-order valence-electron chi connectivity index (χ3n) is 3.77. The summed E-state index contributed by atoms with van der Waals surface area (Å²) in [5.74, 6) is 0.0255. The van der Waals surface area contributed by atoms with Gasteiger partial charge in [-0.15, -0.1) is 0 Å². The second kappa shape index (κ2) is 7.66. The summed E-state index contributed by atoms with van der Waals surface area (Å²) in [5.41, 5.74) is 0.896. The summed E-state index contributed by atoms with van der Waals surface area (Å²) >= 11 is 0. The summed E-state index contributed by atoms with van der Waals surface area (Å²) in [5, 5.41) is 0. The van der Waals surface area contributed by atoms with Crippen molar-refractivity contribution in [2.24, 2.45) is 0 Å². The Hall–Kier alpha value is -1.78. The summed E-state index contributed by atoms with van der Waals surface area (Å²) in [6, 6.07) is -0.206. The second-order valence-electron chi connectivity index (χ2n) is 6.93. The first kappa shape index (κ1) is 19.3. The zero-order valence-corrected chi connectivity index (χ0v) is 15.3. The van der Waals surface area contributed by atoms with Crippen molar-refractivity contribution >= 4 is 11.9 Å². The van der Waals surface area contributed by atoms with Crippen molar-refractivity contribution in [3.8, 4) is 0 Å². The van der Waals surface area contributed by atoms with Gasteiger partial charge < -0.3 is 9.64 Å². The molecule has 1 rings (SSSR count). The molecule has 5 heteroatoms. The number of carbonyl (C=O) groups excluding carboxylic acids is 2. The third kappa shape index (κ3) is 5.12. The monoisotopic (exact) mass is 322 g/mol. The summed E-state index contributed by atoms with van der Waals surface area (Å²) < 4.78 is 5.45. The van der Waals surface area contributed by atoms with E-state index in [-0.39, 0.29) is 17.9 Å². The molecule has 5 nitrogen and oxygen atoms in total. The minimum atomic E-state index is -0.527. The molecule has 0 spiro atoms. The van der Waals surface area contributed by atoms with Crippen molar-refractivity contribution in [3.63, 3.8) is 0 Å². The number of allylic oxidation sites excluding steroid dienone is 2. The molecule has 0 aromatic heterocycles. The maximum atomic E-state index is 12.3. The number of piperazine rings is 1. The Bertz CT molecular complexity index is 503. The second-order valence-corrected chi connectivity index (χ2v) is 6.93. The van der Waals surface area contributed by atoms with E-state index in [0.717, 1.165) is 18.5 Å². The lowest BCUT2D eigenvalue weighted by Crippen LogP contribution is -2.53. The van der Waals surface area contributed by atoms with Crippen molar-refractivity contribution in [1.29, 1.82) is 0 Å². The molecule has 1 atom stereocenters. The van der Waals surface area contributed by atoms with Gasteiger partial charge in [0.2, 0.25) is 0 Å². The average molecular weight is 322 g/mol. The minimum Gasteiger partial charge on any atom is -0.444 e. The molecule has 1 saturated heterocycles. The topological polar surface area (TPSA) is 49.9 Å². The van der Waals surface area contributed by atoms with Gasteiger partial charge in [0.1, 0.15) is 5.60 Å². The van der Waals surface area contributed by atoms with Crippen LogP contribution in [-0.4, -0.2) is 46.4 Å². The number of unbranched alkanes of at least 4 members (excludes halogenated alkanes) is 1. The van der Waals surface area contributed by atoms with Gasteiger partial charge in [0, 0.05) is 25.7 Å². The van der Waals surface area contributed by atoms with Crippen molar-refractivity contribution in [2.45, 2.75) is 66.0 Å². The highest BCUT2D eigenvalue weighted by Crippen LogP contribution is 2.26. The SMILES string of the molecule is C=C1C(C)N(C(=O)OC(C)(C)C)CCN1/C(=C\CCC)C(C)=O. The van der Waals surface area contributed by atoms with Gasteiger partial charge in [0.05, 0.1) is 11.7 Å². The highest BCUT2D eigenvalue weighted by atomic mass is 16.6. The van der Waals surface area contributed by atoms with E-state index in [1.165, 1.54) is 0 Å². The van der Waals surface area contributed by atoms with E-state index < -0.39 is 5.60 Å². The fourth-order valence-corrected chi connectivity index (χ4v) is 2.52. The Morgan fingerprint density at radius 2 is 1.96 bits per heavy atom. The van der Waals surface area contributed by atoms with E-state index in [0.29, 0.717) is 18.8 Å². The van der Waals surface area contributed by atoms with Gasteiger partial charge in [0.25, 0.3) is 0 Å². The molecular weight excluding hydrogens is 292 g/mol. The molecule has 0 radical (unpaired) electrons.